The Labute approximate surface area is 142 Å². The molecule has 0 saturated heterocycles. The zero-order valence-corrected chi connectivity index (χ0v) is 14.4. The van der Waals surface area contributed by atoms with E-state index in [1.165, 1.54) is 10.9 Å². The van der Waals surface area contributed by atoms with Gasteiger partial charge in [0, 0.05) is 23.1 Å². The molecule has 0 bridgehead atoms. The monoisotopic (exact) mass is 375 g/mol. The number of fused-ring (bicyclic) bond motifs is 1. The molecule has 3 rings (SSSR count). The molecule has 0 saturated carbocycles. The third kappa shape index (κ3) is 3.61. The Hall–Kier alpha value is -2.15. The average Bonchev–Trinajstić information content (AvgIpc) is 3.15. The highest BCUT2D eigenvalue weighted by Gasteiger charge is 2.18. The minimum atomic E-state index is -0.259. The van der Waals surface area contributed by atoms with Gasteiger partial charge in [0.25, 0.3) is 5.91 Å². The Bertz CT molecular complexity index is 810. The van der Waals surface area contributed by atoms with Gasteiger partial charge in [0.1, 0.15) is 0 Å². The number of para-hydroxylation sites is 1. The van der Waals surface area contributed by atoms with Crippen LogP contribution in [0.2, 0.25) is 0 Å². The molecular weight excluding hydrogens is 358 g/mol. The Morgan fingerprint density at radius 2 is 2.22 bits per heavy atom. The predicted molar refractivity (Wildman–Crippen MR) is 92.2 cm³/mol. The van der Waals surface area contributed by atoms with E-state index in [2.05, 4.69) is 60.5 Å². The topological polar surface area (TPSA) is 86.5 Å². The van der Waals surface area contributed by atoms with Crippen molar-refractivity contribution in [3.63, 3.8) is 0 Å². The van der Waals surface area contributed by atoms with Crippen molar-refractivity contribution in [2.45, 2.75) is 32.2 Å². The predicted octanol–water partition coefficient (Wildman–Crippen LogP) is 3.19. The Morgan fingerprint density at radius 1 is 1.39 bits per heavy atom. The molecule has 0 aliphatic rings. The molecule has 1 atom stereocenters. The second-order valence-electron chi connectivity index (χ2n) is 5.47. The molecule has 1 amide bonds. The maximum Gasteiger partial charge on any atom is 0.291 e. The molecule has 2 heterocycles. The summed E-state index contributed by atoms with van der Waals surface area (Å²) in [5.41, 5.74) is 2.32. The van der Waals surface area contributed by atoms with Gasteiger partial charge in [-0.2, -0.15) is 4.98 Å². The maximum atomic E-state index is 12.3. The zero-order chi connectivity index (χ0) is 16.2. The number of aromatic amines is 2. The first kappa shape index (κ1) is 15.7. The second-order valence-corrected chi connectivity index (χ2v) is 6.22. The molecule has 0 spiro atoms. The number of benzene rings is 1. The molecule has 7 heteroatoms. The van der Waals surface area contributed by atoms with Crippen molar-refractivity contribution in [1.29, 1.82) is 0 Å². The quantitative estimate of drug-likeness (QED) is 0.618. The molecule has 3 N–H and O–H groups in total. The third-order valence-corrected chi connectivity index (χ3v) is 4.13. The molecular formula is C16H18BrN5O. The number of H-pyrrole nitrogens is 2. The number of nitrogens with zero attached hydrogens (tertiary/aromatic N) is 2. The first-order chi connectivity index (χ1) is 11.2. The van der Waals surface area contributed by atoms with Crippen molar-refractivity contribution in [2.24, 2.45) is 0 Å². The number of hydrogen-bond acceptors (Lipinski definition) is 3. The van der Waals surface area contributed by atoms with Crippen LogP contribution in [0.1, 0.15) is 35.9 Å². The molecule has 1 unspecified atom stereocenters. The number of hydrogen-bond donors (Lipinski definition) is 3. The number of carbonyl (C=O) groups excluding carboxylic acids is 1. The molecule has 1 aromatic carbocycles. The largest absolute Gasteiger partial charge is 0.361 e. The fourth-order valence-electron chi connectivity index (χ4n) is 2.73. The summed E-state index contributed by atoms with van der Waals surface area (Å²) in [5, 5.41) is 10.7. The summed E-state index contributed by atoms with van der Waals surface area (Å²) >= 11 is 3.16. The Kier molecular flexibility index (Phi) is 4.76. The molecule has 0 fully saturated rings. The van der Waals surface area contributed by atoms with Crippen LogP contribution in [0.4, 0.5) is 0 Å². The normalized spacial score (nSPS) is 12.4. The lowest BCUT2D eigenvalue weighted by Crippen LogP contribution is -2.37. The van der Waals surface area contributed by atoms with Crippen molar-refractivity contribution in [2.75, 3.05) is 0 Å². The van der Waals surface area contributed by atoms with Gasteiger partial charge in [0.15, 0.2) is 4.73 Å². The van der Waals surface area contributed by atoms with E-state index in [-0.39, 0.29) is 17.8 Å². The van der Waals surface area contributed by atoms with E-state index in [0.29, 0.717) is 4.73 Å². The molecule has 23 heavy (non-hydrogen) atoms. The molecule has 0 aliphatic heterocycles. The first-order valence-corrected chi connectivity index (χ1v) is 8.40. The minimum Gasteiger partial charge on any atom is -0.361 e. The van der Waals surface area contributed by atoms with Gasteiger partial charge in [-0.05, 0) is 40.4 Å². The van der Waals surface area contributed by atoms with Gasteiger partial charge < -0.3 is 10.3 Å². The first-order valence-electron chi connectivity index (χ1n) is 7.61. The summed E-state index contributed by atoms with van der Waals surface area (Å²) in [5.74, 6) is -0.109. The Morgan fingerprint density at radius 3 is 2.96 bits per heavy atom. The smallest absolute Gasteiger partial charge is 0.291 e. The van der Waals surface area contributed by atoms with Crippen LogP contribution in [-0.4, -0.2) is 32.1 Å². The van der Waals surface area contributed by atoms with Crippen LogP contribution in [-0.2, 0) is 6.42 Å². The van der Waals surface area contributed by atoms with Crippen LogP contribution in [0.25, 0.3) is 10.9 Å². The number of rotatable bonds is 6. The number of halogens is 1. The fraction of sp³-hybridized carbons (Fsp3) is 0.312. The zero-order valence-electron chi connectivity index (χ0n) is 12.8. The van der Waals surface area contributed by atoms with E-state index in [9.17, 15) is 4.79 Å². The summed E-state index contributed by atoms with van der Waals surface area (Å²) in [7, 11) is 0. The molecule has 120 valence electrons. The fourth-order valence-corrected chi connectivity index (χ4v) is 2.99. The van der Waals surface area contributed by atoms with Crippen molar-refractivity contribution in [1.82, 2.24) is 25.5 Å². The van der Waals surface area contributed by atoms with Gasteiger partial charge in [-0.25, -0.2) is 0 Å². The SMILES string of the molecule is CCCC(Cc1c[nH]c2ccccc12)NC(=O)c1n[nH]c(Br)n1. The molecule has 2 aromatic heterocycles. The van der Waals surface area contributed by atoms with Gasteiger partial charge in [0.2, 0.25) is 5.82 Å². The van der Waals surface area contributed by atoms with E-state index in [0.717, 1.165) is 24.8 Å². The van der Waals surface area contributed by atoms with Gasteiger partial charge in [-0.15, -0.1) is 5.10 Å². The summed E-state index contributed by atoms with van der Waals surface area (Å²) in [6, 6.07) is 8.23. The molecule has 3 aromatic rings. The van der Waals surface area contributed by atoms with Crippen molar-refractivity contribution >= 4 is 32.7 Å². The van der Waals surface area contributed by atoms with Crippen LogP contribution < -0.4 is 5.32 Å². The maximum absolute atomic E-state index is 12.3. The Balaban J connectivity index is 1.75. The summed E-state index contributed by atoms with van der Waals surface area (Å²) < 4.78 is 0.450. The lowest BCUT2D eigenvalue weighted by Gasteiger charge is -2.17. The van der Waals surface area contributed by atoms with Gasteiger partial charge in [-0.3, -0.25) is 9.89 Å². The summed E-state index contributed by atoms with van der Waals surface area (Å²) in [4.78, 5) is 19.5. The van der Waals surface area contributed by atoms with Crippen molar-refractivity contribution in [3.8, 4) is 0 Å². The number of nitrogens with one attached hydrogen (secondary N) is 3. The van der Waals surface area contributed by atoms with Gasteiger partial charge in [0.05, 0.1) is 0 Å². The number of amides is 1. The van der Waals surface area contributed by atoms with Gasteiger partial charge in [-0.1, -0.05) is 31.5 Å². The summed E-state index contributed by atoms with van der Waals surface area (Å²) in [6.45, 7) is 2.11. The molecule has 0 aliphatic carbocycles. The van der Waals surface area contributed by atoms with Crippen LogP contribution in [0, 0.1) is 0 Å². The summed E-state index contributed by atoms with van der Waals surface area (Å²) in [6.07, 6.45) is 4.68. The van der Waals surface area contributed by atoms with Crippen LogP contribution >= 0.6 is 15.9 Å². The molecule has 0 radical (unpaired) electrons. The highest BCUT2D eigenvalue weighted by atomic mass is 79.9. The minimum absolute atomic E-state index is 0.0454. The molecule has 6 nitrogen and oxygen atoms in total. The van der Waals surface area contributed by atoms with Crippen LogP contribution in [0.15, 0.2) is 35.2 Å². The van der Waals surface area contributed by atoms with E-state index >= 15 is 0 Å². The standard InChI is InChI=1S/C16H18BrN5O/c1-2-5-11(19-15(23)14-20-16(17)22-21-14)8-10-9-18-13-7-4-3-6-12(10)13/h3-4,6-7,9,11,18H,2,5,8H2,1H3,(H,19,23)(H,20,21,22). The van der Waals surface area contributed by atoms with E-state index in [1.54, 1.807) is 0 Å². The van der Waals surface area contributed by atoms with Gasteiger partial charge >= 0.3 is 0 Å². The number of carbonyl (C=O) groups is 1. The van der Waals surface area contributed by atoms with Crippen LogP contribution in [0.3, 0.4) is 0 Å². The lowest BCUT2D eigenvalue weighted by atomic mass is 10.0. The van der Waals surface area contributed by atoms with E-state index < -0.39 is 0 Å². The third-order valence-electron chi connectivity index (χ3n) is 3.77. The highest BCUT2D eigenvalue weighted by molar-refractivity contribution is 9.10. The van der Waals surface area contributed by atoms with Crippen molar-refractivity contribution in [3.05, 3.63) is 46.6 Å². The van der Waals surface area contributed by atoms with Crippen molar-refractivity contribution < 1.29 is 4.79 Å². The van der Waals surface area contributed by atoms with E-state index in [1.807, 2.05) is 18.3 Å². The average molecular weight is 376 g/mol. The highest BCUT2D eigenvalue weighted by Crippen LogP contribution is 2.20. The number of aromatic nitrogens is 4. The second kappa shape index (κ2) is 6.95. The lowest BCUT2D eigenvalue weighted by molar-refractivity contribution is 0.0924. The van der Waals surface area contributed by atoms with Crippen LogP contribution in [0.5, 0.6) is 0 Å². The van der Waals surface area contributed by atoms with E-state index in [4.69, 9.17) is 0 Å².